The Kier molecular flexibility index (Phi) is 7.14. The summed E-state index contributed by atoms with van der Waals surface area (Å²) in [5.41, 5.74) is 0.729. The van der Waals surface area contributed by atoms with Crippen LogP contribution in [0.1, 0.15) is 6.92 Å². The Morgan fingerprint density at radius 2 is 1.96 bits per heavy atom. The van der Waals surface area contributed by atoms with Crippen molar-refractivity contribution in [3.8, 4) is 0 Å². The fourth-order valence-corrected chi connectivity index (χ4v) is 1.79. The van der Waals surface area contributed by atoms with Crippen molar-refractivity contribution < 1.29 is 33.4 Å². The highest BCUT2D eigenvalue weighted by Gasteiger charge is 2.31. The van der Waals surface area contributed by atoms with E-state index in [1.54, 1.807) is 24.1 Å². The minimum absolute atomic E-state index is 0.0162. The number of esters is 1. The lowest BCUT2D eigenvalue weighted by atomic mass is 10.2. The molecule has 0 radical (unpaired) electrons. The summed E-state index contributed by atoms with van der Waals surface area (Å²) in [7, 11) is 1.73. The van der Waals surface area contributed by atoms with Crippen LogP contribution in [0.5, 0.6) is 0 Å². The zero-order chi connectivity index (χ0) is 17.4. The number of halogens is 1. The van der Waals surface area contributed by atoms with E-state index in [1.165, 1.54) is 12.1 Å². The van der Waals surface area contributed by atoms with Gasteiger partial charge in [0.25, 0.3) is 0 Å². The second-order valence-electron chi connectivity index (χ2n) is 4.74. The summed E-state index contributed by atoms with van der Waals surface area (Å²) < 4.78 is 22.6. The number of benzene rings is 1. The van der Waals surface area contributed by atoms with Gasteiger partial charge in [0.2, 0.25) is 6.10 Å². The molecule has 0 aliphatic carbocycles. The number of rotatable bonds is 9. The average Bonchev–Trinajstić information content (AvgIpc) is 2.49. The summed E-state index contributed by atoms with van der Waals surface area (Å²) in [4.78, 5) is 34.6. The molecule has 23 heavy (non-hydrogen) atoms. The van der Waals surface area contributed by atoms with Crippen LogP contribution < -0.4 is 4.90 Å². The highest BCUT2D eigenvalue weighted by Crippen LogP contribution is 2.13. The molecular formula is C15H18FNO6. The van der Waals surface area contributed by atoms with Gasteiger partial charge in [0.15, 0.2) is 12.4 Å². The number of ether oxygens (including phenoxy) is 2. The van der Waals surface area contributed by atoms with Gasteiger partial charge in [-0.1, -0.05) is 0 Å². The van der Waals surface area contributed by atoms with Gasteiger partial charge >= 0.3 is 11.9 Å². The summed E-state index contributed by atoms with van der Waals surface area (Å²) in [5, 5.41) is 8.97. The zero-order valence-electron chi connectivity index (χ0n) is 12.8. The molecule has 0 aromatic heterocycles. The van der Waals surface area contributed by atoms with E-state index in [0.717, 1.165) is 12.6 Å². The van der Waals surface area contributed by atoms with Crippen molar-refractivity contribution in [3.05, 3.63) is 30.1 Å². The fourth-order valence-electron chi connectivity index (χ4n) is 1.79. The molecule has 0 saturated heterocycles. The van der Waals surface area contributed by atoms with Gasteiger partial charge in [-0.25, -0.2) is 9.18 Å². The molecule has 0 heterocycles. The minimum Gasteiger partial charge on any atom is -0.478 e. The van der Waals surface area contributed by atoms with E-state index in [4.69, 9.17) is 9.84 Å². The molecule has 126 valence electrons. The summed E-state index contributed by atoms with van der Waals surface area (Å²) in [6, 6.07) is 5.76. The number of hydrogen-bond donors (Lipinski definition) is 1. The average molecular weight is 327 g/mol. The van der Waals surface area contributed by atoms with Gasteiger partial charge in [-0.15, -0.1) is 0 Å². The van der Waals surface area contributed by atoms with Crippen LogP contribution in [0, 0.1) is 5.82 Å². The van der Waals surface area contributed by atoms with Gasteiger partial charge in [0.1, 0.15) is 5.82 Å². The molecule has 1 rings (SSSR count). The number of aliphatic carboxylic acids is 1. The van der Waals surface area contributed by atoms with Crippen LogP contribution in [0.3, 0.4) is 0 Å². The lowest BCUT2D eigenvalue weighted by molar-refractivity contribution is -0.173. The van der Waals surface area contributed by atoms with Crippen LogP contribution in [0.15, 0.2) is 24.3 Å². The Morgan fingerprint density at radius 1 is 1.35 bits per heavy atom. The van der Waals surface area contributed by atoms with E-state index < -0.39 is 24.1 Å². The number of carboxylic acid groups (broad SMARTS) is 1. The van der Waals surface area contributed by atoms with Gasteiger partial charge in [-0.3, -0.25) is 4.79 Å². The predicted octanol–water partition coefficient (Wildman–Crippen LogP) is 0.862. The molecule has 7 nitrogen and oxygen atoms in total. The number of carbonyl (C=O) groups excluding carboxylic acids is 2. The molecule has 0 fully saturated rings. The largest absolute Gasteiger partial charge is 0.478 e. The summed E-state index contributed by atoms with van der Waals surface area (Å²) in [6.07, 6.45) is -2.82. The molecule has 2 atom stereocenters. The van der Waals surface area contributed by atoms with Crippen molar-refractivity contribution in [2.45, 2.75) is 19.1 Å². The number of anilines is 1. The topological polar surface area (TPSA) is 93.1 Å². The second-order valence-corrected chi connectivity index (χ2v) is 4.74. The van der Waals surface area contributed by atoms with E-state index in [1.807, 2.05) is 0 Å². The Balaban J connectivity index is 2.56. The standard InChI is InChI=1S/C15H18FNO6/c1-10(19)23-14(15(20)21)13(9-18)22-8-7-17(2)12-5-3-11(16)4-6-12/h3-6,9,13-14H,7-8H2,1-2H3,(H,20,21)/t13-,14+/m0/s1. The normalized spacial score (nSPS) is 13.0. The first-order valence-electron chi connectivity index (χ1n) is 6.78. The number of nitrogens with zero attached hydrogens (tertiary/aromatic N) is 1. The second kappa shape index (κ2) is 8.84. The minimum atomic E-state index is -1.69. The van der Waals surface area contributed by atoms with Crippen LogP contribution >= 0.6 is 0 Å². The number of carbonyl (C=O) groups is 3. The van der Waals surface area contributed by atoms with Gasteiger partial charge in [-0.05, 0) is 24.3 Å². The molecule has 0 aliphatic rings. The molecule has 1 aromatic carbocycles. The highest BCUT2D eigenvalue weighted by molar-refractivity contribution is 5.81. The zero-order valence-corrected chi connectivity index (χ0v) is 12.8. The summed E-state index contributed by atoms with van der Waals surface area (Å²) >= 11 is 0. The van der Waals surface area contributed by atoms with Crippen molar-refractivity contribution in [1.82, 2.24) is 0 Å². The van der Waals surface area contributed by atoms with Crippen molar-refractivity contribution in [2.75, 3.05) is 25.1 Å². The maximum absolute atomic E-state index is 12.8. The maximum Gasteiger partial charge on any atom is 0.348 e. The van der Waals surface area contributed by atoms with E-state index in [-0.39, 0.29) is 18.7 Å². The maximum atomic E-state index is 12.8. The lowest BCUT2D eigenvalue weighted by Gasteiger charge is -2.22. The lowest BCUT2D eigenvalue weighted by Crippen LogP contribution is -2.41. The van der Waals surface area contributed by atoms with Crippen LogP contribution in [-0.2, 0) is 23.9 Å². The van der Waals surface area contributed by atoms with E-state index >= 15 is 0 Å². The van der Waals surface area contributed by atoms with Gasteiger partial charge in [0, 0.05) is 26.2 Å². The fraction of sp³-hybridized carbons (Fsp3) is 0.400. The van der Waals surface area contributed by atoms with E-state index in [2.05, 4.69) is 4.74 Å². The van der Waals surface area contributed by atoms with Crippen LogP contribution in [-0.4, -0.2) is 55.7 Å². The Labute approximate surface area is 132 Å². The SMILES string of the molecule is CC(=O)O[C@@H](C(=O)O)[C@H](C=O)OCCN(C)c1ccc(F)cc1. The van der Waals surface area contributed by atoms with Gasteiger partial charge in [-0.2, -0.15) is 0 Å². The molecular weight excluding hydrogens is 309 g/mol. The van der Waals surface area contributed by atoms with Crippen LogP contribution in [0.4, 0.5) is 10.1 Å². The number of hydrogen-bond acceptors (Lipinski definition) is 6. The molecule has 0 spiro atoms. The number of carboxylic acids is 1. The summed E-state index contributed by atoms with van der Waals surface area (Å²) in [5.74, 6) is -2.65. The van der Waals surface area contributed by atoms with Crippen molar-refractivity contribution in [2.24, 2.45) is 0 Å². The summed E-state index contributed by atoms with van der Waals surface area (Å²) in [6.45, 7) is 1.38. The van der Waals surface area contributed by atoms with Crippen molar-refractivity contribution in [3.63, 3.8) is 0 Å². The van der Waals surface area contributed by atoms with Gasteiger partial charge in [0.05, 0.1) is 6.61 Å². The molecule has 8 heteroatoms. The predicted molar refractivity (Wildman–Crippen MR) is 78.7 cm³/mol. The smallest absolute Gasteiger partial charge is 0.348 e. The van der Waals surface area contributed by atoms with E-state index in [0.29, 0.717) is 6.54 Å². The van der Waals surface area contributed by atoms with Crippen molar-refractivity contribution in [1.29, 1.82) is 0 Å². The first-order chi connectivity index (χ1) is 10.8. The van der Waals surface area contributed by atoms with Crippen LogP contribution in [0.2, 0.25) is 0 Å². The Morgan fingerprint density at radius 3 is 2.43 bits per heavy atom. The monoisotopic (exact) mass is 327 g/mol. The van der Waals surface area contributed by atoms with Crippen molar-refractivity contribution >= 4 is 23.9 Å². The molecule has 1 aromatic rings. The number of aldehydes is 1. The van der Waals surface area contributed by atoms with E-state index in [9.17, 15) is 18.8 Å². The van der Waals surface area contributed by atoms with Crippen LogP contribution in [0.25, 0.3) is 0 Å². The molecule has 0 amide bonds. The Hall–Kier alpha value is -2.48. The molecule has 0 unspecified atom stereocenters. The third-order valence-corrected chi connectivity index (χ3v) is 2.97. The molecule has 0 aliphatic heterocycles. The first kappa shape index (κ1) is 18.6. The third-order valence-electron chi connectivity index (χ3n) is 2.97. The quantitative estimate of drug-likeness (QED) is 0.531. The molecule has 1 N–H and O–H groups in total. The Bertz CT molecular complexity index is 547. The third kappa shape index (κ3) is 6.03. The first-order valence-corrected chi connectivity index (χ1v) is 6.78. The van der Waals surface area contributed by atoms with Gasteiger partial charge < -0.3 is 24.3 Å². The molecule has 0 saturated carbocycles. The molecule has 0 bridgehead atoms. The highest BCUT2D eigenvalue weighted by atomic mass is 19.1. The number of likely N-dealkylation sites (N-methyl/N-ethyl adjacent to an activating group) is 1.